The van der Waals surface area contributed by atoms with Gasteiger partial charge in [0.05, 0.1) is 12.4 Å². The molecule has 0 saturated heterocycles. The summed E-state index contributed by atoms with van der Waals surface area (Å²) in [6.45, 7) is 8.48. The maximum atomic E-state index is 13.0. The summed E-state index contributed by atoms with van der Waals surface area (Å²) in [7, 11) is 0. The minimum Gasteiger partial charge on any atom is -0.480 e. The van der Waals surface area contributed by atoms with Crippen LogP contribution in [0.3, 0.4) is 0 Å². The van der Waals surface area contributed by atoms with E-state index in [1.807, 2.05) is 13.8 Å². The largest absolute Gasteiger partial charge is 0.480 e. The zero-order valence-corrected chi connectivity index (χ0v) is 18.6. The van der Waals surface area contributed by atoms with Gasteiger partial charge in [-0.3, -0.25) is 19.2 Å². The fourth-order valence-electron chi connectivity index (χ4n) is 2.83. The number of carboxylic acids is 1. The highest BCUT2D eigenvalue weighted by atomic mass is 16.4. The second-order valence-electron chi connectivity index (χ2n) is 8.06. The van der Waals surface area contributed by atoms with Gasteiger partial charge in [-0.25, -0.2) is 4.98 Å². The molecule has 0 radical (unpaired) electrons. The molecule has 1 aromatic heterocycles. The van der Waals surface area contributed by atoms with E-state index >= 15 is 0 Å². The fraction of sp³-hybridized carbons (Fsp3) is 0.650. The summed E-state index contributed by atoms with van der Waals surface area (Å²) >= 11 is 0. The van der Waals surface area contributed by atoms with Crippen LogP contribution in [-0.4, -0.2) is 62.9 Å². The molecule has 0 bridgehead atoms. The minimum absolute atomic E-state index is 0.225. The fourth-order valence-corrected chi connectivity index (χ4v) is 2.83. The van der Waals surface area contributed by atoms with Crippen LogP contribution in [0.5, 0.6) is 0 Å². The molecule has 0 spiro atoms. The third-order valence-corrected chi connectivity index (χ3v) is 5.10. The van der Waals surface area contributed by atoms with Crippen molar-refractivity contribution in [2.45, 2.75) is 71.6 Å². The average Bonchev–Trinajstić information content (AvgIpc) is 3.21. The van der Waals surface area contributed by atoms with Gasteiger partial charge in [0.15, 0.2) is 0 Å². The van der Waals surface area contributed by atoms with Gasteiger partial charge in [-0.2, -0.15) is 0 Å². The summed E-state index contributed by atoms with van der Waals surface area (Å²) < 4.78 is 0. The number of rotatable bonds is 12. The topological polar surface area (TPSA) is 179 Å². The van der Waals surface area contributed by atoms with Gasteiger partial charge in [-0.1, -0.05) is 34.1 Å². The number of carbonyl (C=O) groups is 4. The number of carbonyl (C=O) groups excluding carboxylic acids is 3. The average molecular weight is 439 g/mol. The molecular formula is C20H34N6O5. The Morgan fingerprint density at radius 3 is 2.10 bits per heavy atom. The Morgan fingerprint density at radius 1 is 1.03 bits per heavy atom. The Bertz CT molecular complexity index is 751. The van der Waals surface area contributed by atoms with Gasteiger partial charge in [-0.15, -0.1) is 0 Å². The number of imidazole rings is 1. The standard InChI is InChI=1S/C20H34N6O5/c1-6-11(4)16(26-17(27)14(21)7-13-8-22-9-23-13)19(29)25-15(10(2)3)18(28)24-12(5)20(30)31/h8-12,14-16H,6-7,21H2,1-5H3,(H,22,23)(H,24,28)(H,25,29)(H,26,27)(H,30,31). The van der Waals surface area contributed by atoms with Crippen molar-refractivity contribution < 1.29 is 24.3 Å². The molecule has 7 N–H and O–H groups in total. The van der Waals surface area contributed by atoms with Gasteiger partial charge in [-0.05, 0) is 18.8 Å². The first-order chi connectivity index (χ1) is 14.5. The molecule has 3 amide bonds. The Balaban J connectivity index is 2.88. The molecule has 1 rings (SSSR count). The van der Waals surface area contributed by atoms with Crippen molar-refractivity contribution in [2.24, 2.45) is 17.6 Å². The second kappa shape index (κ2) is 12.0. The van der Waals surface area contributed by atoms with E-state index in [1.54, 1.807) is 20.0 Å². The van der Waals surface area contributed by atoms with E-state index in [1.165, 1.54) is 13.3 Å². The van der Waals surface area contributed by atoms with Crippen LogP contribution in [0.25, 0.3) is 0 Å². The third kappa shape index (κ3) is 8.00. The van der Waals surface area contributed by atoms with Crippen LogP contribution in [-0.2, 0) is 25.6 Å². The summed E-state index contributed by atoms with van der Waals surface area (Å²) in [5.41, 5.74) is 6.66. The molecule has 174 valence electrons. The van der Waals surface area contributed by atoms with Gasteiger partial charge in [0.2, 0.25) is 17.7 Å². The van der Waals surface area contributed by atoms with E-state index in [0.717, 1.165) is 0 Å². The van der Waals surface area contributed by atoms with Crippen LogP contribution in [0, 0.1) is 11.8 Å². The third-order valence-electron chi connectivity index (χ3n) is 5.10. The molecule has 31 heavy (non-hydrogen) atoms. The van der Waals surface area contributed by atoms with Gasteiger partial charge in [0.1, 0.15) is 18.1 Å². The molecule has 1 aromatic rings. The number of hydrogen-bond donors (Lipinski definition) is 6. The lowest BCUT2D eigenvalue weighted by Crippen LogP contribution is -2.59. The number of nitrogens with zero attached hydrogens (tertiary/aromatic N) is 1. The summed E-state index contributed by atoms with van der Waals surface area (Å²) in [6, 6.07) is -3.86. The van der Waals surface area contributed by atoms with E-state index in [2.05, 4.69) is 25.9 Å². The molecule has 0 fully saturated rings. The predicted molar refractivity (Wildman–Crippen MR) is 114 cm³/mol. The van der Waals surface area contributed by atoms with Crippen LogP contribution >= 0.6 is 0 Å². The van der Waals surface area contributed by atoms with Crippen molar-refractivity contribution in [1.29, 1.82) is 0 Å². The quantitative estimate of drug-likeness (QED) is 0.255. The lowest BCUT2D eigenvalue weighted by atomic mass is 9.96. The monoisotopic (exact) mass is 438 g/mol. The van der Waals surface area contributed by atoms with Crippen molar-refractivity contribution in [3.8, 4) is 0 Å². The number of carboxylic acid groups (broad SMARTS) is 1. The highest BCUT2D eigenvalue weighted by Gasteiger charge is 2.33. The Hall–Kier alpha value is -2.95. The summed E-state index contributed by atoms with van der Waals surface area (Å²) in [5.74, 6) is -3.35. The Labute approximate surface area is 181 Å². The predicted octanol–water partition coefficient (Wildman–Crippen LogP) is -0.459. The van der Waals surface area contributed by atoms with Gasteiger partial charge in [0, 0.05) is 18.3 Å². The van der Waals surface area contributed by atoms with Crippen LogP contribution < -0.4 is 21.7 Å². The Kier molecular flexibility index (Phi) is 10.1. The molecule has 5 atom stereocenters. The molecule has 0 aromatic carbocycles. The number of H-pyrrole nitrogens is 1. The van der Waals surface area contributed by atoms with Crippen LogP contribution in [0.2, 0.25) is 0 Å². The highest BCUT2D eigenvalue weighted by Crippen LogP contribution is 2.11. The van der Waals surface area contributed by atoms with Crippen LogP contribution in [0.4, 0.5) is 0 Å². The molecule has 11 heteroatoms. The lowest BCUT2D eigenvalue weighted by molar-refractivity contribution is -0.142. The maximum Gasteiger partial charge on any atom is 0.325 e. The first kappa shape index (κ1) is 26.1. The van der Waals surface area contributed by atoms with E-state index in [0.29, 0.717) is 12.1 Å². The zero-order valence-electron chi connectivity index (χ0n) is 18.6. The normalized spacial score (nSPS) is 16.0. The van der Waals surface area contributed by atoms with E-state index < -0.39 is 47.9 Å². The number of hydrogen-bond acceptors (Lipinski definition) is 6. The first-order valence-electron chi connectivity index (χ1n) is 10.3. The first-order valence-corrected chi connectivity index (χ1v) is 10.3. The van der Waals surface area contributed by atoms with Crippen LogP contribution in [0.15, 0.2) is 12.5 Å². The maximum absolute atomic E-state index is 13.0. The number of aliphatic carboxylic acids is 1. The SMILES string of the molecule is CCC(C)C(NC(=O)C(N)Cc1cnc[nH]1)C(=O)NC(C(=O)NC(C)C(=O)O)C(C)C. The number of nitrogens with two attached hydrogens (primary N) is 1. The van der Waals surface area contributed by atoms with Crippen molar-refractivity contribution >= 4 is 23.7 Å². The molecule has 1 heterocycles. The van der Waals surface area contributed by atoms with Gasteiger partial charge >= 0.3 is 5.97 Å². The molecule has 0 saturated carbocycles. The summed E-state index contributed by atoms with van der Waals surface area (Å²) in [6.07, 6.45) is 3.88. The lowest BCUT2D eigenvalue weighted by Gasteiger charge is -2.29. The highest BCUT2D eigenvalue weighted by molar-refractivity contribution is 5.94. The molecule has 11 nitrogen and oxygen atoms in total. The summed E-state index contributed by atoms with van der Waals surface area (Å²) in [5, 5.41) is 16.7. The number of amides is 3. The van der Waals surface area contributed by atoms with Gasteiger partial charge < -0.3 is 31.8 Å². The smallest absolute Gasteiger partial charge is 0.325 e. The molecule has 0 aliphatic heterocycles. The minimum atomic E-state index is -1.18. The van der Waals surface area contributed by atoms with Crippen molar-refractivity contribution in [1.82, 2.24) is 25.9 Å². The zero-order chi connectivity index (χ0) is 23.7. The van der Waals surface area contributed by atoms with Gasteiger partial charge in [0.25, 0.3) is 0 Å². The number of aromatic amines is 1. The Morgan fingerprint density at radius 2 is 1.61 bits per heavy atom. The van der Waals surface area contributed by atoms with Crippen LogP contribution in [0.1, 0.15) is 46.7 Å². The summed E-state index contributed by atoms with van der Waals surface area (Å²) in [4.78, 5) is 55.8. The molecule has 5 unspecified atom stereocenters. The van der Waals surface area contributed by atoms with Crippen molar-refractivity contribution in [3.05, 3.63) is 18.2 Å². The molecule has 0 aliphatic rings. The molecule has 0 aliphatic carbocycles. The number of nitrogens with one attached hydrogen (secondary N) is 4. The molecular weight excluding hydrogens is 404 g/mol. The number of aromatic nitrogens is 2. The van der Waals surface area contributed by atoms with Crippen molar-refractivity contribution in [2.75, 3.05) is 0 Å². The van der Waals surface area contributed by atoms with E-state index in [9.17, 15) is 19.2 Å². The van der Waals surface area contributed by atoms with E-state index in [4.69, 9.17) is 10.8 Å². The van der Waals surface area contributed by atoms with Crippen molar-refractivity contribution in [3.63, 3.8) is 0 Å². The second-order valence-corrected chi connectivity index (χ2v) is 8.06. The van der Waals surface area contributed by atoms with E-state index in [-0.39, 0.29) is 18.3 Å².